The van der Waals surface area contributed by atoms with Gasteiger partial charge in [0.15, 0.2) is 5.78 Å². The second-order valence-corrected chi connectivity index (χ2v) is 9.91. The highest BCUT2D eigenvalue weighted by molar-refractivity contribution is 5.95. The molecule has 0 amide bonds. The van der Waals surface area contributed by atoms with E-state index in [1.165, 1.54) is 16.7 Å². The number of hydrogen-bond acceptors (Lipinski definition) is 3. The van der Waals surface area contributed by atoms with Crippen LogP contribution in [0.25, 0.3) is 0 Å². The van der Waals surface area contributed by atoms with Crippen LogP contribution in [0.5, 0.6) is 0 Å². The van der Waals surface area contributed by atoms with Crippen LogP contribution >= 0.6 is 0 Å². The normalized spacial score (nSPS) is 14.1. The highest BCUT2D eigenvalue weighted by Gasteiger charge is 2.20. The summed E-state index contributed by atoms with van der Waals surface area (Å²) in [5.74, 6) is 0.499. The Morgan fingerprint density at radius 2 is 1.09 bits per heavy atom. The van der Waals surface area contributed by atoms with Gasteiger partial charge in [0, 0.05) is 18.4 Å². The monoisotopic (exact) mass is 443 g/mol. The lowest BCUT2D eigenvalue weighted by atomic mass is 9.94. The third-order valence-corrected chi connectivity index (χ3v) is 5.74. The van der Waals surface area contributed by atoms with Crippen molar-refractivity contribution in [3.8, 4) is 0 Å². The first-order valence-corrected chi connectivity index (χ1v) is 12.4. The van der Waals surface area contributed by atoms with Crippen molar-refractivity contribution in [3.05, 3.63) is 46.6 Å². The van der Waals surface area contributed by atoms with Gasteiger partial charge in [-0.1, -0.05) is 47.9 Å². The molecule has 0 radical (unpaired) electrons. The first-order chi connectivity index (χ1) is 15.0. The van der Waals surface area contributed by atoms with E-state index >= 15 is 0 Å². The van der Waals surface area contributed by atoms with Crippen LogP contribution in [0, 0.1) is 0 Å². The van der Waals surface area contributed by atoms with Crippen molar-refractivity contribution in [2.75, 3.05) is 6.54 Å². The SMILES string of the molecule is CCNC(C)(C)CC(=O)/C(C)=C/CC/C(C)=C/CC/C(C)=C/CC/C(C)=C/CCC(C)=O. The molecular weight excluding hydrogens is 394 g/mol. The summed E-state index contributed by atoms with van der Waals surface area (Å²) in [7, 11) is 0. The van der Waals surface area contributed by atoms with E-state index in [1.807, 2.05) is 6.92 Å². The van der Waals surface area contributed by atoms with Gasteiger partial charge >= 0.3 is 0 Å². The Morgan fingerprint density at radius 1 is 0.688 bits per heavy atom. The summed E-state index contributed by atoms with van der Waals surface area (Å²) in [6, 6.07) is 0. The Hall–Kier alpha value is -1.74. The van der Waals surface area contributed by atoms with Gasteiger partial charge in [0.25, 0.3) is 0 Å². The van der Waals surface area contributed by atoms with Crippen LogP contribution in [0.1, 0.15) is 113 Å². The van der Waals surface area contributed by atoms with E-state index in [1.54, 1.807) is 6.92 Å². The maximum atomic E-state index is 12.4. The van der Waals surface area contributed by atoms with Crippen LogP contribution in [-0.2, 0) is 9.59 Å². The van der Waals surface area contributed by atoms with Crippen molar-refractivity contribution < 1.29 is 9.59 Å². The third-order valence-electron chi connectivity index (χ3n) is 5.74. The summed E-state index contributed by atoms with van der Waals surface area (Å²) in [5.41, 5.74) is 4.94. The molecule has 0 aliphatic carbocycles. The van der Waals surface area contributed by atoms with Crippen LogP contribution < -0.4 is 5.32 Å². The highest BCUT2D eigenvalue weighted by Crippen LogP contribution is 2.16. The molecule has 0 unspecified atom stereocenters. The molecule has 0 aliphatic heterocycles. The van der Waals surface area contributed by atoms with Crippen LogP contribution in [0.2, 0.25) is 0 Å². The number of allylic oxidation sites excluding steroid dienone is 8. The molecule has 0 aromatic heterocycles. The fraction of sp³-hybridized carbons (Fsp3) is 0.655. The van der Waals surface area contributed by atoms with Crippen LogP contribution in [0.3, 0.4) is 0 Å². The van der Waals surface area contributed by atoms with E-state index in [9.17, 15) is 9.59 Å². The van der Waals surface area contributed by atoms with Crippen molar-refractivity contribution in [2.45, 2.75) is 119 Å². The van der Waals surface area contributed by atoms with E-state index < -0.39 is 0 Å². The third kappa shape index (κ3) is 16.9. The predicted molar refractivity (Wildman–Crippen MR) is 140 cm³/mol. The zero-order valence-corrected chi connectivity index (χ0v) is 22.2. The molecule has 0 saturated carbocycles. The molecule has 3 nitrogen and oxygen atoms in total. The molecule has 32 heavy (non-hydrogen) atoms. The number of carbonyl (C=O) groups is 2. The van der Waals surface area contributed by atoms with Crippen molar-refractivity contribution in [3.63, 3.8) is 0 Å². The molecular formula is C29H49NO2. The number of hydrogen-bond donors (Lipinski definition) is 1. The number of rotatable bonds is 17. The Kier molecular flexibility index (Phi) is 15.9. The Bertz CT molecular complexity index is 705. The van der Waals surface area contributed by atoms with E-state index in [4.69, 9.17) is 0 Å². The zero-order valence-electron chi connectivity index (χ0n) is 22.2. The van der Waals surface area contributed by atoms with Gasteiger partial charge in [0.1, 0.15) is 5.78 Å². The molecule has 0 fully saturated rings. The summed E-state index contributed by atoms with van der Waals surface area (Å²) in [6.45, 7) is 17.3. The zero-order chi connectivity index (χ0) is 24.6. The van der Waals surface area contributed by atoms with Gasteiger partial charge in [-0.05, 0) is 106 Å². The molecule has 3 heteroatoms. The number of ketones is 2. The largest absolute Gasteiger partial charge is 0.312 e. The fourth-order valence-corrected chi connectivity index (χ4v) is 3.63. The first kappa shape index (κ1) is 30.3. The van der Waals surface area contributed by atoms with E-state index in [2.05, 4.69) is 71.2 Å². The molecule has 0 aromatic carbocycles. The molecule has 0 saturated heterocycles. The van der Waals surface area contributed by atoms with Crippen molar-refractivity contribution in [1.29, 1.82) is 0 Å². The molecule has 0 atom stereocenters. The number of carbonyl (C=O) groups excluding carboxylic acids is 2. The van der Waals surface area contributed by atoms with Gasteiger partial charge in [-0.3, -0.25) is 4.79 Å². The van der Waals surface area contributed by atoms with Crippen molar-refractivity contribution in [1.82, 2.24) is 5.32 Å². The standard InChI is InChI=1S/C29H49NO2/c1-9-30-29(7,8)22-28(32)26(5)20-12-18-24(3)16-10-14-23(2)15-11-17-25(4)19-13-21-27(6)31/h15-16,19-20,30H,9-14,17-18,21-22H2,1-8H3/b23-15+,24-16+,25-19+,26-20+. The van der Waals surface area contributed by atoms with Gasteiger partial charge in [-0.15, -0.1) is 0 Å². The van der Waals surface area contributed by atoms with Crippen molar-refractivity contribution in [2.24, 2.45) is 0 Å². The molecule has 0 rings (SSSR count). The Morgan fingerprint density at radius 3 is 1.50 bits per heavy atom. The Labute approximate surface area is 198 Å². The fourth-order valence-electron chi connectivity index (χ4n) is 3.63. The maximum absolute atomic E-state index is 12.4. The number of Topliss-reactive ketones (excluding diaryl/α,β-unsaturated/α-hetero) is 2. The molecule has 0 aromatic rings. The highest BCUT2D eigenvalue weighted by atomic mass is 16.1. The molecule has 0 aliphatic rings. The number of nitrogens with one attached hydrogen (secondary N) is 1. The molecule has 1 N–H and O–H groups in total. The summed E-state index contributed by atoms with van der Waals surface area (Å²) >= 11 is 0. The van der Waals surface area contributed by atoms with E-state index in [0.29, 0.717) is 12.8 Å². The van der Waals surface area contributed by atoms with Crippen LogP contribution in [0.15, 0.2) is 46.6 Å². The minimum atomic E-state index is -0.146. The van der Waals surface area contributed by atoms with Gasteiger partial charge in [-0.25, -0.2) is 0 Å². The topological polar surface area (TPSA) is 46.2 Å². The van der Waals surface area contributed by atoms with Crippen LogP contribution in [0.4, 0.5) is 0 Å². The summed E-state index contributed by atoms with van der Waals surface area (Å²) in [4.78, 5) is 23.4. The average molecular weight is 444 g/mol. The maximum Gasteiger partial charge on any atom is 0.160 e. The predicted octanol–water partition coefficient (Wildman–Crippen LogP) is 7.83. The van der Waals surface area contributed by atoms with Gasteiger partial charge in [0.05, 0.1) is 0 Å². The summed E-state index contributed by atoms with van der Waals surface area (Å²) < 4.78 is 0. The smallest absolute Gasteiger partial charge is 0.160 e. The second kappa shape index (κ2) is 16.8. The minimum Gasteiger partial charge on any atom is -0.312 e. The van der Waals surface area contributed by atoms with Gasteiger partial charge in [-0.2, -0.15) is 0 Å². The molecule has 0 spiro atoms. The van der Waals surface area contributed by atoms with Crippen LogP contribution in [-0.4, -0.2) is 23.7 Å². The van der Waals surface area contributed by atoms with E-state index in [-0.39, 0.29) is 17.1 Å². The summed E-state index contributed by atoms with van der Waals surface area (Å²) in [5, 5.41) is 3.37. The average Bonchev–Trinajstić information content (AvgIpc) is 2.67. The van der Waals surface area contributed by atoms with Crippen molar-refractivity contribution >= 4 is 11.6 Å². The summed E-state index contributed by atoms with van der Waals surface area (Å²) in [6.07, 6.45) is 17.3. The van der Waals surface area contributed by atoms with Gasteiger partial charge in [0.2, 0.25) is 0 Å². The first-order valence-electron chi connectivity index (χ1n) is 12.4. The second-order valence-electron chi connectivity index (χ2n) is 9.91. The quantitative estimate of drug-likeness (QED) is 0.184. The lowest BCUT2D eigenvalue weighted by molar-refractivity contribution is -0.117. The molecule has 182 valence electrons. The van der Waals surface area contributed by atoms with Gasteiger partial charge < -0.3 is 10.1 Å². The van der Waals surface area contributed by atoms with E-state index in [0.717, 1.165) is 57.1 Å². The molecule has 0 bridgehead atoms. The minimum absolute atomic E-state index is 0.146. The lowest BCUT2D eigenvalue weighted by Gasteiger charge is -2.24. The molecule has 0 heterocycles. The lowest BCUT2D eigenvalue weighted by Crippen LogP contribution is -2.41. The Balaban J connectivity index is 4.27.